The topological polar surface area (TPSA) is 108 Å². The first-order valence-electron chi connectivity index (χ1n) is 6.63. The van der Waals surface area contributed by atoms with Gasteiger partial charge in [0.05, 0.1) is 12.1 Å². The van der Waals surface area contributed by atoms with Gasteiger partial charge in [0.1, 0.15) is 0 Å². The Hall–Kier alpha value is -2.23. The van der Waals surface area contributed by atoms with E-state index in [1.54, 1.807) is 20.9 Å². The normalized spacial score (nSPS) is 10.7. The summed E-state index contributed by atoms with van der Waals surface area (Å²) in [4.78, 5) is 27.8. The molecule has 118 valence electrons. The molecule has 0 aromatic carbocycles. The third-order valence-electron chi connectivity index (χ3n) is 3.10. The Kier molecular flexibility index (Phi) is 5.26. The number of carbonyl (C=O) groups is 1. The van der Waals surface area contributed by atoms with Gasteiger partial charge >= 0.3 is 0 Å². The van der Waals surface area contributed by atoms with Crippen LogP contribution in [0.2, 0.25) is 0 Å². The number of carbonyl (C=O) groups excluding carboxylic acids is 1. The number of nitrogens with zero attached hydrogens (tertiary/aromatic N) is 6. The van der Waals surface area contributed by atoms with Gasteiger partial charge in [0.25, 0.3) is 5.56 Å². The molecule has 2 heterocycles. The Morgan fingerprint density at radius 3 is 2.86 bits per heavy atom. The SMILES string of the molecule is Cc1ncn(CCNC(=O)CSc2nnnn2C)c(=O)c1C. The lowest BCUT2D eigenvalue weighted by molar-refractivity contribution is -0.118. The van der Waals surface area contributed by atoms with Crippen LogP contribution in [0.5, 0.6) is 0 Å². The second-order valence-corrected chi connectivity index (χ2v) is 5.62. The van der Waals surface area contributed by atoms with Crippen molar-refractivity contribution >= 4 is 17.7 Å². The predicted molar refractivity (Wildman–Crippen MR) is 80.5 cm³/mol. The summed E-state index contributed by atoms with van der Waals surface area (Å²) in [5.41, 5.74) is 1.26. The van der Waals surface area contributed by atoms with E-state index in [1.165, 1.54) is 27.3 Å². The number of tetrazole rings is 1. The standard InChI is InChI=1S/C12H17N7O2S/c1-8-9(2)14-7-19(11(8)21)5-4-13-10(20)6-22-12-15-16-17-18(12)3/h7H,4-6H2,1-3H3,(H,13,20). The van der Waals surface area contributed by atoms with Crippen molar-refractivity contribution in [1.82, 2.24) is 35.1 Å². The highest BCUT2D eigenvalue weighted by Gasteiger charge is 2.08. The van der Waals surface area contributed by atoms with E-state index in [0.29, 0.717) is 23.8 Å². The molecule has 0 fully saturated rings. The van der Waals surface area contributed by atoms with E-state index in [9.17, 15) is 9.59 Å². The summed E-state index contributed by atoms with van der Waals surface area (Å²) in [7, 11) is 1.71. The van der Waals surface area contributed by atoms with Gasteiger partial charge in [0, 0.05) is 31.4 Å². The molecule has 0 atom stereocenters. The van der Waals surface area contributed by atoms with Crippen LogP contribution >= 0.6 is 11.8 Å². The minimum atomic E-state index is -0.141. The van der Waals surface area contributed by atoms with E-state index in [0.717, 1.165) is 5.69 Å². The van der Waals surface area contributed by atoms with Crippen LogP contribution in [-0.2, 0) is 18.4 Å². The summed E-state index contributed by atoms with van der Waals surface area (Å²) < 4.78 is 2.99. The summed E-state index contributed by atoms with van der Waals surface area (Å²) in [5.74, 6) is 0.0757. The van der Waals surface area contributed by atoms with Crippen LogP contribution in [-0.4, -0.2) is 48.0 Å². The third-order valence-corrected chi connectivity index (χ3v) is 4.11. The quantitative estimate of drug-likeness (QED) is 0.700. The zero-order valence-electron chi connectivity index (χ0n) is 12.6. The maximum absolute atomic E-state index is 12.0. The van der Waals surface area contributed by atoms with Crippen LogP contribution in [0.4, 0.5) is 0 Å². The fourth-order valence-corrected chi connectivity index (χ4v) is 2.36. The minimum Gasteiger partial charge on any atom is -0.354 e. The molecular formula is C12H17N7O2S. The van der Waals surface area contributed by atoms with E-state index in [-0.39, 0.29) is 17.2 Å². The molecule has 2 aromatic heterocycles. The van der Waals surface area contributed by atoms with Gasteiger partial charge in [-0.2, -0.15) is 0 Å². The molecule has 1 amide bonds. The highest BCUT2D eigenvalue weighted by Crippen LogP contribution is 2.11. The second-order valence-electron chi connectivity index (χ2n) is 4.68. The van der Waals surface area contributed by atoms with Crippen LogP contribution in [0, 0.1) is 13.8 Å². The second kappa shape index (κ2) is 7.16. The van der Waals surface area contributed by atoms with Crippen molar-refractivity contribution in [3.63, 3.8) is 0 Å². The van der Waals surface area contributed by atoms with Crippen molar-refractivity contribution < 1.29 is 4.79 Å². The average molecular weight is 323 g/mol. The van der Waals surface area contributed by atoms with Gasteiger partial charge in [-0.25, -0.2) is 9.67 Å². The van der Waals surface area contributed by atoms with E-state index < -0.39 is 0 Å². The maximum Gasteiger partial charge on any atom is 0.256 e. The Labute approximate surface area is 131 Å². The van der Waals surface area contributed by atoms with Crippen LogP contribution in [0.25, 0.3) is 0 Å². The lowest BCUT2D eigenvalue weighted by Crippen LogP contribution is -2.32. The largest absolute Gasteiger partial charge is 0.354 e. The van der Waals surface area contributed by atoms with Crippen molar-refractivity contribution in [2.24, 2.45) is 7.05 Å². The zero-order valence-corrected chi connectivity index (χ0v) is 13.4. The third kappa shape index (κ3) is 3.91. The number of rotatable bonds is 6. The molecule has 0 aliphatic heterocycles. The number of amides is 1. The molecule has 1 N–H and O–H groups in total. The highest BCUT2D eigenvalue weighted by molar-refractivity contribution is 7.99. The molecule has 0 saturated carbocycles. The summed E-state index contributed by atoms with van der Waals surface area (Å²) in [6.45, 7) is 4.28. The molecule has 2 rings (SSSR count). The molecule has 2 aromatic rings. The minimum absolute atomic E-state index is 0.0821. The van der Waals surface area contributed by atoms with Crippen molar-refractivity contribution in [1.29, 1.82) is 0 Å². The Bertz CT molecular complexity index is 725. The van der Waals surface area contributed by atoms with Gasteiger partial charge in [0.15, 0.2) is 0 Å². The summed E-state index contributed by atoms with van der Waals surface area (Å²) in [6.07, 6.45) is 1.50. The number of hydrogen-bond donors (Lipinski definition) is 1. The zero-order chi connectivity index (χ0) is 16.1. The number of nitrogens with one attached hydrogen (secondary N) is 1. The number of thioether (sulfide) groups is 1. The van der Waals surface area contributed by atoms with E-state index >= 15 is 0 Å². The molecule has 0 bridgehead atoms. The molecule has 0 radical (unpaired) electrons. The lowest BCUT2D eigenvalue weighted by Gasteiger charge is -2.08. The molecule has 0 spiro atoms. The molecule has 22 heavy (non-hydrogen) atoms. The van der Waals surface area contributed by atoms with E-state index in [4.69, 9.17) is 0 Å². The summed E-state index contributed by atoms with van der Waals surface area (Å²) in [6, 6.07) is 0. The number of aryl methyl sites for hydroxylation is 2. The van der Waals surface area contributed by atoms with Crippen molar-refractivity contribution in [2.75, 3.05) is 12.3 Å². The predicted octanol–water partition coefficient (Wildman–Crippen LogP) is -0.708. The fourth-order valence-electron chi connectivity index (χ4n) is 1.68. The van der Waals surface area contributed by atoms with Crippen LogP contribution in [0.1, 0.15) is 11.3 Å². The first-order chi connectivity index (χ1) is 10.5. The molecule has 0 aliphatic carbocycles. The first-order valence-corrected chi connectivity index (χ1v) is 7.62. The van der Waals surface area contributed by atoms with E-state index in [2.05, 4.69) is 25.8 Å². The summed E-state index contributed by atoms with van der Waals surface area (Å²) >= 11 is 1.25. The highest BCUT2D eigenvalue weighted by atomic mass is 32.2. The smallest absolute Gasteiger partial charge is 0.256 e. The lowest BCUT2D eigenvalue weighted by atomic mass is 10.3. The maximum atomic E-state index is 12.0. The van der Waals surface area contributed by atoms with Crippen molar-refractivity contribution in [3.05, 3.63) is 27.9 Å². The molecule has 9 nitrogen and oxygen atoms in total. The number of aromatic nitrogens is 6. The Morgan fingerprint density at radius 2 is 2.18 bits per heavy atom. The number of hydrogen-bond acceptors (Lipinski definition) is 7. The van der Waals surface area contributed by atoms with Crippen LogP contribution < -0.4 is 10.9 Å². The van der Waals surface area contributed by atoms with Gasteiger partial charge in [-0.15, -0.1) is 5.10 Å². The van der Waals surface area contributed by atoms with Crippen LogP contribution in [0.3, 0.4) is 0 Å². The molecular weight excluding hydrogens is 306 g/mol. The van der Waals surface area contributed by atoms with Gasteiger partial charge in [0.2, 0.25) is 11.1 Å². The van der Waals surface area contributed by atoms with Crippen LogP contribution in [0.15, 0.2) is 16.3 Å². The van der Waals surface area contributed by atoms with Gasteiger partial charge in [-0.05, 0) is 24.3 Å². The Balaban J connectivity index is 1.79. The van der Waals surface area contributed by atoms with Gasteiger partial charge < -0.3 is 5.32 Å². The molecule has 0 aliphatic rings. The first kappa shape index (κ1) is 16.1. The Morgan fingerprint density at radius 1 is 1.41 bits per heavy atom. The molecule has 0 unspecified atom stereocenters. The average Bonchev–Trinajstić information content (AvgIpc) is 2.90. The molecule has 0 saturated heterocycles. The van der Waals surface area contributed by atoms with Crippen molar-refractivity contribution in [2.45, 2.75) is 25.5 Å². The monoisotopic (exact) mass is 323 g/mol. The fraction of sp³-hybridized carbons (Fsp3) is 0.500. The van der Waals surface area contributed by atoms with Gasteiger partial charge in [-0.1, -0.05) is 11.8 Å². The van der Waals surface area contributed by atoms with Crippen molar-refractivity contribution in [3.8, 4) is 0 Å². The van der Waals surface area contributed by atoms with Gasteiger partial charge in [-0.3, -0.25) is 14.2 Å². The molecule has 10 heteroatoms. The summed E-state index contributed by atoms with van der Waals surface area (Å²) in [5, 5.41) is 14.3. The van der Waals surface area contributed by atoms with E-state index in [1.807, 2.05) is 0 Å².